The van der Waals surface area contributed by atoms with Crippen LogP contribution in [0.15, 0.2) is 42.5 Å². The molecule has 0 spiro atoms. The molecule has 8 heteroatoms. The maximum Gasteiger partial charge on any atom is 0.338 e. The Morgan fingerprint density at radius 2 is 1.65 bits per heavy atom. The number of rotatable bonds is 7. The third kappa shape index (κ3) is 5.32. The van der Waals surface area contributed by atoms with E-state index in [1.54, 1.807) is 18.2 Å². The summed E-state index contributed by atoms with van der Waals surface area (Å²) in [6.07, 6.45) is 1.03. The highest BCUT2D eigenvalue weighted by molar-refractivity contribution is 7.92. The fourth-order valence-corrected chi connectivity index (χ4v) is 2.75. The Labute approximate surface area is 152 Å². The van der Waals surface area contributed by atoms with Crippen LogP contribution in [0.5, 0.6) is 5.75 Å². The van der Waals surface area contributed by atoms with Crippen LogP contribution in [-0.4, -0.2) is 40.1 Å². The number of ketones is 1. The first-order valence-electron chi connectivity index (χ1n) is 7.62. The van der Waals surface area contributed by atoms with Gasteiger partial charge in [-0.25, -0.2) is 13.2 Å². The molecule has 0 heterocycles. The summed E-state index contributed by atoms with van der Waals surface area (Å²) in [5, 5.41) is 0. The highest BCUT2D eigenvalue weighted by Crippen LogP contribution is 2.19. The summed E-state index contributed by atoms with van der Waals surface area (Å²) in [6.45, 7) is 1.42. The number of aryl methyl sites for hydroxylation is 1. The van der Waals surface area contributed by atoms with E-state index in [9.17, 15) is 18.0 Å². The van der Waals surface area contributed by atoms with Crippen LogP contribution in [0.4, 0.5) is 5.69 Å². The lowest BCUT2D eigenvalue weighted by Crippen LogP contribution is -2.15. The first kappa shape index (κ1) is 19.5. The molecule has 0 aliphatic rings. The zero-order chi connectivity index (χ0) is 19.3. The molecule has 2 aromatic rings. The molecule has 0 unspecified atom stereocenters. The molecule has 0 bridgehead atoms. The van der Waals surface area contributed by atoms with Gasteiger partial charge in [0.1, 0.15) is 5.75 Å². The fourth-order valence-electron chi connectivity index (χ4n) is 2.18. The molecule has 1 N–H and O–H groups in total. The molecular weight excluding hydrogens is 358 g/mol. The van der Waals surface area contributed by atoms with Gasteiger partial charge in [0, 0.05) is 11.3 Å². The maximum atomic E-state index is 12.1. The van der Waals surface area contributed by atoms with E-state index >= 15 is 0 Å². The van der Waals surface area contributed by atoms with Gasteiger partial charge in [0.25, 0.3) is 0 Å². The third-order valence-corrected chi connectivity index (χ3v) is 4.09. The summed E-state index contributed by atoms with van der Waals surface area (Å²) in [7, 11) is -1.88. The number of carbonyl (C=O) groups is 2. The van der Waals surface area contributed by atoms with E-state index in [-0.39, 0.29) is 5.56 Å². The molecule has 0 radical (unpaired) electrons. The molecule has 0 aromatic heterocycles. The van der Waals surface area contributed by atoms with Crippen LogP contribution in [-0.2, 0) is 14.8 Å². The number of hydrogen-bond acceptors (Lipinski definition) is 6. The van der Waals surface area contributed by atoms with Crippen molar-refractivity contribution in [1.82, 2.24) is 0 Å². The van der Waals surface area contributed by atoms with Gasteiger partial charge < -0.3 is 9.47 Å². The maximum absolute atomic E-state index is 12.1. The average molecular weight is 377 g/mol. The normalized spacial score (nSPS) is 10.9. The molecule has 2 aromatic carbocycles. The molecule has 7 nitrogen and oxygen atoms in total. The lowest BCUT2D eigenvalue weighted by molar-refractivity contribution is 0.0474. The van der Waals surface area contributed by atoms with E-state index in [0.717, 1.165) is 11.8 Å². The molecule has 26 heavy (non-hydrogen) atoms. The van der Waals surface area contributed by atoms with Gasteiger partial charge in [-0.2, -0.15) is 0 Å². The van der Waals surface area contributed by atoms with Crippen molar-refractivity contribution in [3.05, 3.63) is 59.2 Å². The summed E-state index contributed by atoms with van der Waals surface area (Å²) >= 11 is 0. The Balaban J connectivity index is 1.98. The van der Waals surface area contributed by atoms with E-state index in [4.69, 9.17) is 9.47 Å². The standard InChI is InChI=1S/C18H19NO6S/c1-12-4-5-14(10-17(12)24-2)18(21)25-11-16(20)13-6-8-15(9-7-13)19-26(3,22)23/h4-10,19H,11H2,1-3H3. The van der Waals surface area contributed by atoms with Crippen LogP contribution in [0.25, 0.3) is 0 Å². The minimum atomic E-state index is -3.39. The van der Waals surface area contributed by atoms with Crippen LogP contribution in [0.1, 0.15) is 26.3 Å². The summed E-state index contributed by atoms with van der Waals surface area (Å²) in [5.74, 6) is -0.477. The Hall–Kier alpha value is -2.87. The van der Waals surface area contributed by atoms with E-state index in [1.165, 1.54) is 31.4 Å². The van der Waals surface area contributed by atoms with Gasteiger partial charge in [0.2, 0.25) is 10.0 Å². The van der Waals surface area contributed by atoms with Crippen molar-refractivity contribution >= 4 is 27.5 Å². The van der Waals surface area contributed by atoms with E-state index < -0.39 is 28.4 Å². The van der Waals surface area contributed by atoms with E-state index in [0.29, 0.717) is 17.0 Å². The van der Waals surface area contributed by atoms with Gasteiger partial charge in [-0.1, -0.05) is 6.07 Å². The Morgan fingerprint density at radius 1 is 1.04 bits per heavy atom. The summed E-state index contributed by atoms with van der Waals surface area (Å²) in [5.41, 5.74) is 1.81. The van der Waals surface area contributed by atoms with Crippen molar-refractivity contribution in [3.63, 3.8) is 0 Å². The molecule has 0 aliphatic carbocycles. The molecule has 0 atom stereocenters. The molecule has 138 valence electrons. The Kier molecular flexibility index (Phi) is 5.99. The monoisotopic (exact) mass is 377 g/mol. The smallest absolute Gasteiger partial charge is 0.338 e. The Bertz CT molecular complexity index is 919. The molecule has 0 amide bonds. The fraction of sp³-hybridized carbons (Fsp3) is 0.222. The third-order valence-electron chi connectivity index (χ3n) is 3.49. The number of sulfonamides is 1. The van der Waals surface area contributed by atoms with Gasteiger partial charge >= 0.3 is 5.97 Å². The predicted molar refractivity (Wildman–Crippen MR) is 97.3 cm³/mol. The molecule has 0 aliphatic heterocycles. The van der Waals surface area contributed by atoms with Crippen LogP contribution >= 0.6 is 0 Å². The van der Waals surface area contributed by atoms with Gasteiger partial charge in [-0.3, -0.25) is 9.52 Å². The summed E-state index contributed by atoms with van der Waals surface area (Å²) in [4.78, 5) is 24.2. The van der Waals surface area contributed by atoms with Gasteiger partial charge in [-0.15, -0.1) is 0 Å². The quantitative estimate of drug-likeness (QED) is 0.588. The number of carbonyl (C=O) groups excluding carboxylic acids is 2. The molecule has 2 rings (SSSR count). The SMILES string of the molecule is COc1cc(C(=O)OCC(=O)c2ccc(NS(C)(=O)=O)cc2)ccc1C. The van der Waals surface area contributed by atoms with Gasteiger partial charge in [0.15, 0.2) is 12.4 Å². The summed E-state index contributed by atoms with van der Waals surface area (Å²) in [6, 6.07) is 10.7. The van der Waals surface area contributed by atoms with Crippen molar-refractivity contribution in [2.24, 2.45) is 0 Å². The van der Waals surface area contributed by atoms with Crippen molar-refractivity contribution in [3.8, 4) is 5.75 Å². The van der Waals surface area contributed by atoms with Crippen molar-refractivity contribution in [2.45, 2.75) is 6.92 Å². The second kappa shape index (κ2) is 8.01. The largest absolute Gasteiger partial charge is 0.496 e. The number of esters is 1. The summed E-state index contributed by atoms with van der Waals surface area (Å²) < 4.78 is 34.8. The molecular formula is C18H19NO6S. The number of Topliss-reactive ketones (excluding diaryl/α,β-unsaturated/α-hetero) is 1. The van der Waals surface area contributed by atoms with E-state index in [1.807, 2.05) is 6.92 Å². The molecule has 0 saturated heterocycles. The van der Waals surface area contributed by atoms with Crippen molar-refractivity contribution < 1.29 is 27.5 Å². The van der Waals surface area contributed by atoms with Crippen molar-refractivity contribution in [1.29, 1.82) is 0 Å². The number of anilines is 1. The van der Waals surface area contributed by atoms with Gasteiger partial charge in [-0.05, 0) is 48.9 Å². The van der Waals surface area contributed by atoms with E-state index in [2.05, 4.69) is 4.72 Å². The van der Waals surface area contributed by atoms with Crippen LogP contribution < -0.4 is 9.46 Å². The zero-order valence-corrected chi connectivity index (χ0v) is 15.4. The second-order valence-corrected chi connectivity index (χ2v) is 7.38. The first-order valence-corrected chi connectivity index (χ1v) is 9.51. The minimum absolute atomic E-state index is 0.285. The Morgan fingerprint density at radius 3 is 2.23 bits per heavy atom. The zero-order valence-electron chi connectivity index (χ0n) is 14.6. The predicted octanol–water partition coefficient (Wildman–Crippen LogP) is 2.41. The lowest BCUT2D eigenvalue weighted by Gasteiger charge is -2.08. The average Bonchev–Trinajstić information content (AvgIpc) is 2.59. The van der Waals surface area contributed by atoms with Crippen LogP contribution in [0.3, 0.4) is 0 Å². The highest BCUT2D eigenvalue weighted by atomic mass is 32.2. The number of nitrogens with one attached hydrogen (secondary N) is 1. The molecule has 0 fully saturated rings. The second-order valence-electron chi connectivity index (χ2n) is 5.64. The first-order chi connectivity index (χ1) is 12.2. The molecule has 0 saturated carbocycles. The topological polar surface area (TPSA) is 98.8 Å². The number of methoxy groups -OCH3 is 1. The minimum Gasteiger partial charge on any atom is -0.496 e. The highest BCUT2D eigenvalue weighted by Gasteiger charge is 2.13. The van der Waals surface area contributed by atoms with Crippen LogP contribution in [0, 0.1) is 6.92 Å². The number of ether oxygens (including phenoxy) is 2. The van der Waals surface area contributed by atoms with Gasteiger partial charge in [0.05, 0.1) is 18.9 Å². The number of hydrogen-bond donors (Lipinski definition) is 1. The van der Waals surface area contributed by atoms with Crippen LogP contribution in [0.2, 0.25) is 0 Å². The van der Waals surface area contributed by atoms with Crippen molar-refractivity contribution in [2.75, 3.05) is 24.7 Å². The lowest BCUT2D eigenvalue weighted by atomic mass is 10.1. The number of benzene rings is 2.